The Kier molecular flexibility index (Phi) is 4.28. The number of nitrogens with zero attached hydrogens (tertiary/aromatic N) is 1. The van der Waals surface area contributed by atoms with Crippen molar-refractivity contribution in [1.82, 2.24) is 4.90 Å². The minimum absolute atomic E-state index is 0.484. The summed E-state index contributed by atoms with van der Waals surface area (Å²) in [5, 5.41) is 10.0. The van der Waals surface area contributed by atoms with Crippen molar-refractivity contribution < 1.29 is 5.11 Å². The zero-order valence-electron chi connectivity index (χ0n) is 11.8. The number of hydrogen-bond donors (Lipinski definition) is 1. The highest BCUT2D eigenvalue weighted by Gasteiger charge is 2.28. The van der Waals surface area contributed by atoms with Crippen molar-refractivity contribution in [3.63, 3.8) is 0 Å². The lowest BCUT2D eigenvalue weighted by Crippen LogP contribution is -2.37. The van der Waals surface area contributed by atoms with Gasteiger partial charge >= 0.3 is 0 Å². The van der Waals surface area contributed by atoms with E-state index in [0.29, 0.717) is 17.8 Å². The van der Waals surface area contributed by atoms with E-state index in [2.05, 4.69) is 31.7 Å². The molecule has 2 heteroatoms. The summed E-state index contributed by atoms with van der Waals surface area (Å²) in [7, 11) is 0. The number of fused-ring (bicyclic) bond motifs is 1. The number of phenols is 1. The average Bonchev–Trinajstić information content (AvgIpc) is 2.40. The van der Waals surface area contributed by atoms with Crippen LogP contribution in [0.2, 0.25) is 0 Å². The van der Waals surface area contributed by atoms with Crippen LogP contribution in [0.5, 0.6) is 5.75 Å². The van der Waals surface area contributed by atoms with E-state index in [1.54, 1.807) is 0 Å². The molecule has 0 heterocycles. The van der Waals surface area contributed by atoms with Gasteiger partial charge in [-0.05, 0) is 56.3 Å². The van der Waals surface area contributed by atoms with E-state index in [-0.39, 0.29) is 0 Å². The normalized spacial score (nSPS) is 20.8. The number of rotatable bonds is 4. The maximum atomic E-state index is 10.0. The molecule has 2 rings (SSSR count). The molecule has 1 aromatic carbocycles. The molecule has 0 spiro atoms. The molecule has 0 amide bonds. The first-order chi connectivity index (χ1) is 8.69. The fourth-order valence-electron chi connectivity index (χ4n) is 3.22. The molecule has 100 valence electrons. The number of aromatic hydroxyl groups is 1. The lowest BCUT2D eigenvalue weighted by molar-refractivity contribution is 0.133. The fourth-order valence-corrected chi connectivity index (χ4v) is 3.22. The van der Waals surface area contributed by atoms with Gasteiger partial charge in [-0.2, -0.15) is 0 Å². The molecule has 1 aromatic rings. The zero-order valence-corrected chi connectivity index (χ0v) is 11.8. The minimum Gasteiger partial charge on any atom is -0.508 e. The smallest absolute Gasteiger partial charge is 0.119 e. The Labute approximate surface area is 111 Å². The minimum atomic E-state index is 0.484. The third kappa shape index (κ3) is 2.39. The van der Waals surface area contributed by atoms with E-state index >= 15 is 0 Å². The van der Waals surface area contributed by atoms with Crippen LogP contribution in [0.3, 0.4) is 0 Å². The van der Waals surface area contributed by atoms with Crippen LogP contribution in [0, 0.1) is 0 Å². The number of phenolic OH excluding ortho intramolecular Hbond substituents is 1. The molecule has 1 aliphatic carbocycles. The van der Waals surface area contributed by atoms with Crippen LogP contribution in [0.15, 0.2) is 18.2 Å². The Morgan fingerprint density at radius 3 is 2.83 bits per heavy atom. The topological polar surface area (TPSA) is 23.5 Å². The third-order valence-electron chi connectivity index (χ3n) is 4.37. The Bertz CT molecular complexity index is 402. The summed E-state index contributed by atoms with van der Waals surface area (Å²) in [6.07, 6.45) is 4.60. The van der Waals surface area contributed by atoms with Crippen LogP contribution in [-0.4, -0.2) is 22.6 Å². The summed E-state index contributed by atoms with van der Waals surface area (Å²) < 4.78 is 0. The molecule has 18 heavy (non-hydrogen) atoms. The van der Waals surface area contributed by atoms with E-state index in [9.17, 15) is 5.11 Å². The average molecular weight is 247 g/mol. The van der Waals surface area contributed by atoms with Crippen LogP contribution >= 0.6 is 0 Å². The summed E-state index contributed by atoms with van der Waals surface area (Å²) in [4.78, 5) is 2.58. The van der Waals surface area contributed by atoms with Gasteiger partial charge in [0.25, 0.3) is 0 Å². The number of benzene rings is 1. The van der Waals surface area contributed by atoms with E-state index < -0.39 is 0 Å². The monoisotopic (exact) mass is 247 g/mol. The standard InChI is InChI=1S/C16H25NO/c1-4-12(3)17(5-2)15-10-6-9-14-13(15)8-7-11-16(14)18/h7-8,11-12,15,18H,4-6,9-10H2,1-3H3. The van der Waals surface area contributed by atoms with Crippen molar-refractivity contribution >= 4 is 0 Å². The van der Waals surface area contributed by atoms with Crippen molar-refractivity contribution in [3.05, 3.63) is 29.3 Å². The maximum Gasteiger partial charge on any atom is 0.119 e. The Morgan fingerprint density at radius 1 is 1.39 bits per heavy atom. The zero-order chi connectivity index (χ0) is 13.1. The quantitative estimate of drug-likeness (QED) is 0.872. The van der Waals surface area contributed by atoms with E-state index in [0.717, 1.165) is 13.0 Å². The van der Waals surface area contributed by atoms with Crippen LogP contribution in [0.1, 0.15) is 57.2 Å². The van der Waals surface area contributed by atoms with Gasteiger partial charge < -0.3 is 5.11 Å². The van der Waals surface area contributed by atoms with Gasteiger partial charge in [-0.15, -0.1) is 0 Å². The van der Waals surface area contributed by atoms with Crippen LogP contribution in [0.4, 0.5) is 0 Å². The van der Waals surface area contributed by atoms with Crippen molar-refractivity contribution in [2.24, 2.45) is 0 Å². The molecule has 0 saturated carbocycles. The van der Waals surface area contributed by atoms with Gasteiger partial charge in [-0.25, -0.2) is 0 Å². The summed E-state index contributed by atoms with van der Waals surface area (Å²) in [6, 6.07) is 7.09. The third-order valence-corrected chi connectivity index (χ3v) is 4.37. The van der Waals surface area contributed by atoms with Crippen LogP contribution in [0.25, 0.3) is 0 Å². The van der Waals surface area contributed by atoms with Gasteiger partial charge in [0.15, 0.2) is 0 Å². The molecular formula is C16H25NO. The van der Waals surface area contributed by atoms with Crippen molar-refractivity contribution in [2.45, 2.75) is 58.5 Å². The molecule has 1 N–H and O–H groups in total. The van der Waals surface area contributed by atoms with Crippen molar-refractivity contribution in [1.29, 1.82) is 0 Å². The van der Waals surface area contributed by atoms with Gasteiger partial charge in [0, 0.05) is 12.1 Å². The highest BCUT2D eigenvalue weighted by Crippen LogP contribution is 2.38. The molecule has 0 fully saturated rings. The predicted molar refractivity (Wildman–Crippen MR) is 75.9 cm³/mol. The van der Waals surface area contributed by atoms with Gasteiger partial charge in [-0.1, -0.05) is 26.0 Å². The van der Waals surface area contributed by atoms with Gasteiger partial charge in [0.2, 0.25) is 0 Å². The largest absolute Gasteiger partial charge is 0.508 e. The summed E-state index contributed by atoms with van der Waals surface area (Å²) in [5.74, 6) is 0.484. The van der Waals surface area contributed by atoms with E-state index in [1.165, 1.54) is 30.4 Å². The molecule has 2 atom stereocenters. The lowest BCUT2D eigenvalue weighted by Gasteiger charge is -2.39. The maximum absolute atomic E-state index is 10.0. The molecule has 0 saturated heterocycles. The molecule has 1 aliphatic rings. The van der Waals surface area contributed by atoms with Gasteiger partial charge in [0.1, 0.15) is 5.75 Å². The van der Waals surface area contributed by atoms with E-state index in [1.807, 2.05) is 12.1 Å². The summed E-state index contributed by atoms with van der Waals surface area (Å²) in [5.41, 5.74) is 2.53. The van der Waals surface area contributed by atoms with Gasteiger partial charge in [-0.3, -0.25) is 4.90 Å². The molecular weight excluding hydrogens is 222 g/mol. The predicted octanol–water partition coefficient (Wildman–Crippen LogP) is 3.89. The SMILES string of the molecule is CCC(C)N(CC)C1CCCc2c(O)cccc21. The molecule has 0 radical (unpaired) electrons. The van der Waals surface area contributed by atoms with E-state index in [4.69, 9.17) is 0 Å². The Morgan fingerprint density at radius 2 is 2.17 bits per heavy atom. The summed E-state index contributed by atoms with van der Waals surface area (Å²) in [6.45, 7) is 7.87. The molecule has 0 aliphatic heterocycles. The van der Waals surface area contributed by atoms with Crippen LogP contribution in [-0.2, 0) is 6.42 Å². The second kappa shape index (κ2) is 5.75. The summed E-state index contributed by atoms with van der Waals surface area (Å²) >= 11 is 0. The second-order valence-corrected chi connectivity index (χ2v) is 5.34. The molecule has 2 unspecified atom stereocenters. The fraction of sp³-hybridized carbons (Fsp3) is 0.625. The highest BCUT2D eigenvalue weighted by atomic mass is 16.3. The first kappa shape index (κ1) is 13.4. The molecule has 0 aromatic heterocycles. The van der Waals surface area contributed by atoms with Crippen molar-refractivity contribution in [2.75, 3.05) is 6.54 Å². The highest BCUT2D eigenvalue weighted by molar-refractivity contribution is 5.42. The molecule has 2 nitrogen and oxygen atoms in total. The number of hydrogen-bond acceptors (Lipinski definition) is 2. The molecule has 0 bridgehead atoms. The Hall–Kier alpha value is -1.02. The first-order valence-electron chi connectivity index (χ1n) is 7.25. The van der Waals surface area contributed by atoms with Crippen LogP contribution < -0.4 is 0 Å². The Balaban J connectivity index is 2.34. The first-order valence-corrected chi connectivity index (χ1v) is 7.25. The van der Waals surface area contributed by atoms with Gasteiger partial charge in [0.05, 0.1) is 0 Å². The second-order valence-electron chi connectivity index (χ2n) is 5.34. The van der Waals surface area contributed by atoms with Crippen molar-refractivity contribution in [3.8, 4) is 5.75 Å². The lowest BCUT2D eigenvalue weighted by atomic mass is 9.85.